The van der Waals surface area contributed by atoms with Gasteiger partial charge >= 0.3 is 0 Å². The van der Waals surface area contributed by atoms with Crippen molar-refractivity contribution in [3.8, 4) is 0 Å². The van der Waals surface area contributed by atoms with Crippen LogP contribution in [0.3, 0.4) is 0 Å². The fraction of sp³-hybridized carbons (Fsp3) is 0.0455. The fourth-order valence-corrected chi connectivity index (χ4v) is 4.06. The molecule has 0 amide bonds. The van der Waals surface area contributed by atoms with Gasteiger partial charge in [0, 0.05) is 28.2 Å². The zero-order valence-corrected chi connectivity index (χ0v) is 15.4. The Kier molecular flexibility index (Phi) is 4.60. The molecule has 27 heavy (non-hydrogen) atoms. The molecule has 2 aromatic carbocycles. The molecule has 0 spiro atoms. The molecular weight excluding hydrogens is 356 g/mol. The molecule has 0 aliphatic carbocycles. The maximum atomic E-state index is 12.6. The molecule has 4 nitrogen and oxygen atoms in total. The van der Waals surface area contributed by atoms with Gasteiger partial charge in [0.1, 0.15) is 0 Å². The first-order chi connectivity index (χ1) is 13.1. The van der Waals surface area contributed by atoms with E-state index in [1.54, 1.807) is 42.6 Å². The second-order valence-corrected chi connectivity index (χ2v) is 8.03. The van der Waals surface area contributed by atoms with E-state index in [0.717, 1.165) is 22.3 Å². The summed E-state index contributed by atoms with van der Waals surface area (Å²) >= 11 is 0. The van der Waals surface area contributed by atoms with Gasteiger partial charge in [-0.05, 0) is 42.5 Å². The number of nitrogens with zero attached hydrogens (tertiary/aromatic N) is 2. The largest absolute Gasteiger partial charge is 0.335 e. The molecule has 0 aliphatic heterocycles. The Hall–Kier alpha value is -3.18. The van der Waals surface area contributed by atoms with E-state index in [9.17, 15) is 8.42 Å². The van der Waals surface area contributed by atoms with Crippen LogP contribution < -0.4 is 0 Å². The second-order valence-electron chi connectivity index (χ2n) is 6.20. The topological polar surface area (TPSA) is 52.0 Å². The van der Waals surface area contributed by atoms with Gasteiger partial charge < -0.3 is 4.57 Å². The summed E-state index contributed by atoms with van der Waals surface area (Å²) in [7, 11) is -3.50. The highest BCUT2D eigenvalue weighted by Crippen LogP contribution is 2.23. The van der Waals surface area contributed by atoms with Gasteiger partial charge in [0.15, 0.2) is 9.84 Å². The summed E-state index contributed by atoms with van der Waals surface area (Å²) in [5, 5.41) is 2.33. The van der Waals surface area contributed by atoms with Crippen LogP contribution in [-0.2, 0) is 16.4 Å². The van der Waals surface area contributed by atoms with Gasteiger partial charge in [0.25, 0.3) is 0 Å². The predicted molar refractivity (Wildman–Crippen MR) is 108 cm³/mol. The van der Waals surface area contributed by atoms with E-state index in [-0.39, 0.29) is 4.90 Å². The lowest BCUT2D eigenvalue weighted by molar-refractivity contribution is 0.605. The number of para-hydroxylation sites is 1. The third-order valence-corrected chi connectivity index (χ3v) is 5.80. The number of pyridine rings is 1. The van der Waals surface area contributed by atoms with E-state index in [4.69, 9.17) is 0 Å². The summed E-state index contributed by atoms with van der Waals surface area (Å²) in [5.74, 6) is 0. The first-order valence-corrected chi connectivity index (χ1v) is 10.1. The molecule has 134 valence electrons. The van der Waals surface area contributed by atoms with E-state index in [0.29, 0.717) is 6.54 Å². The first-order valence-electron chi connectivity index (χ1n) is 8.60. The molecule has 0 aliphatic rings. The Morgan fingerprint density at radius 3 is 2.41 bits per heavy atom. The van der Waals surface area contributed by atoms with Crippen molar-refractivity contribution < 1.29 is 8.42 Å². The Labute approximate surface area is 158 Å². The predicted octanol–water partition coefficient (Wildman–Crippen LogP) is 4.53. The highest BCUT2D eigenvalue weighted by atomic mass is 32.2. The molecule has 0 saturated heterocycles. The zero-order chi connectivity index (χ0) is 18.7. The summed E-state index contributed by atoms with van der Waals surface area (Å²) < 4.78 is 27.2. The average molecular weight is 374 g/mol. The molecule has 4 rings (SSSR count). The molecule has 0 radical (unpaired) electrons. The molecule has 0 N–H and O–H groups in total. The van der Waals surface area contributed by atoms with Crippen molar-refractivity contribution in [1.29, 1.82) is 0 Å². The lowest BCUT2D eigenvalue weighted by Gasteiger charge is -2.08. The van der Waals surface area contributed by atoms with Crippen LogP contribution in [0.5, 0.6) is 0 Å². The van der Waals surface area contributed by atoms with Gasteiger partial charge in [-0.25, -0.2) is 8.42 Å². The van der Waals surface area contributed by atoms with E-state index < -0.39 is 9.84 Å². The van der Waals surface area contributed by atoms with Gasteiger partial charge in [-0.15, -0.1) is 0 Å². The van der Waals surface area contributed by atoms with Crippen molar-refractivity contribution in [2.45, 2.75) is 11.4 Å². The minimum Gasteiger partial charge on any atom is -0.335 e. The van der Waals surface area contributed by atoms with Crippen LogP contribution in [0.1, 0.15) is 11.4 Å². The fourth-order valence-electron chi connectivity index (χ4n) is 3.05. The number of hydrogen-bond donors (Lipinski definition) is 0. The van der Waals surface area contributed by atoms with Crippen molar-refractivity contribution >= 4 is 26.8 Å². The van der Waals surface area contributed by atoms with E-state index in [2.05, 4.69) is 9.55 Å². The number of benzene rings is 2. The summed E-state index contributed by atoms with van der Waals surface area (Å²) in [5.41, 5.74) is 2.78. The number of aromatic nitrogens is 2. The zero-order valence-electron chi connectivity index (χ0n) is 14.6. The van der Waals surface area contributed by atoms with E-state index in [1.165, 1.54) is 5.41 Å². The van der Waals surface area contributed by atoms with Crippen LogP contribution in [0.4, 0.5) is 0 Å². The summed E-state index contributed by atoms with van der Waals surface area (Å²) in [6, 6.07) is 24.2. The van der Waals surface area contributed by atoms with Crippen LogP contribution >= 0.6 is 0 Å². The minimum atomic E-state index is -3.50. The molecule has 5 heteroatoms. The minimum absolute atomic E-state index is 0.286. The van der Waals surface area contributed by atoms with Crippen molar-refractivity contribution in [3.63, 3.8) is 0 Å². The molecule has 0 saturated carbocycles. The van der Waals surface area contributed by atoms with Crippen molar-refractivity contribution in [3.05, 3.63) is 102 Å². The van der Waals surface area contributed by atoms with Gasteiger partial charge in [-0.1, -0.05) is 42.5 Å². The number of fused-ring (bicyclic) bond motifs is 1. The van der Waals surface area contributed by atoms with Crippen molar-refractivity contribution in [1.82, 2.24) is 9.55 Å². The SMILES string of the molecule is O=S(=O)(/C=C/c1cc2ccccc2n1Cc1ccccn1)c1ccccc1. The Bertz CT molecular complexity index is 1200. The first kappa shape index (κ1) is 17.2. The van der Waals surface area contributed by atoms with Crippen LogP contribution in [-0.4, -0.2) is 18.0 Å². The smallest absolute Gasteiger partial charge is 0.199 e. The van der Waals surface area contributed by atoms with Crippen LogP contribution in [0.25, 0.3) is 17.0 Å². The third-order valence-electron chi connectivity index (χ3n) is 4.38. The normalized spacial score (nSPS) is 12.0. The Morgan fingerprint density at radius 2 is 1.63 bits per heavy atom. The molecule has 2 heterocycles. The maximum Gasteiger partial charge on any atom is 0.199 e. The Balaban J connectivity index is 1.76. The summed E-state index contributed by atoms with van der Waals surface area (Å²) in [6.07, 6.45) is 3.42. The van der Waals surface area contributed by atoms with Gasteiger partial charge in [-0.3, -0.25) is 4.98 Å². The molecular formula is C22H18N2O2S. The van der Waals surface area contributed by atoms with E-state index >= 15 is 0 Å². The molecule has 0 fully saturated rings. The highest BCUT2D eigenvalue weighted by Gasteiger charge is 2.12. The Morgan fingerprint density at radius 1 is 0.889 bits per heavy atom. The standard InChI is InChI=1S/C22H18N2O2S/c25-27(26,21-10-2-1-3-11-21)15-13-20-16-18-8-4-5-12-22(18)24(20)17-19-9-6-7-14-23-19/h1-16H,17H2/b15-13+. The molecule has 0 atom stereocenters. The van der Waals surface area contributed by atoms with Gasteiger partial charge in [0.2, 0.25) is 0 Å². The van der Waals surface area contributed by atoms with Crippen molar-refractivity contribution in [2.24, 2.45) is 0 Å². The lowest BCUT2D eigenvalue weighted by atomic mass is 10.2. The number of sulfone groups is 1. The summed E-state index contributed by atoms with van der Waals surface area (Å²) in [6.45, 7) is 0.569. The highest BCUT2D eigenvalue weighted by molar-refractivity contribution is 7.94. The van der Waals surface area contributed by atoms with Gasteiger partial charge in [0.05, 0.1) is 17.1 Å². The summed E-state index contributed by atoms with van der Waals surface area (Å²) in [4.78, 5) is 4.68. The average Bonchev–Trinajstić information content (AvgIpc) is 3.06. The lowest BCUT2D eigenvalue weighted by Crippen LogP contribution is -2.03. The van der Waals surface area contributed by atoms with E-state index in [1.807, 2.05) is 48.5 Å². The third kappa shape index (κ3) is 3.68. The molecule has 2 aromatic heterocycles. The number of hydrogen-bond acceptors (Lipinski definition) is 3. The monoisotopic (exact) mass is 374 g/mol. The number of rotatable bonds is 5. The van der Waals surface area contributed by atoms with Gasteiger partial charge in [-0.2, -0.15) is 0 Å². The maximum absolute atomic E-state index is 12.6. The van der Waals surface area contributed by atoms with Crippen LogP contribution in [0.15, 0.2) is 95.4 Å². The van der Waals surface area contributed by atoms with Crippen molar-refractivity contribution in [2.75, 3.05) is 0 Å². The van der Waals surface area contributed by atoms with Crippen LogP contribution in [0, 0.1) is 0 Å². The second kappa shape index (κ2) is 7.21. The van der Waals surface area contributed by atoms with Crippen LogP contribution in [0.2, 0.25) is 0 Å². The quantitative estimate of drug-likeness (QED) is 0.516. The molecule has 0 bridgehead atoms. The molecule has 4 aromatic rings. The molecule has 0 unspecified atom stereocenters.